The SMILES string of the molecule is Cc1cc(C(C)NCc2ccncc2Cl)c(C)s1. The zero-order valence-corrected chi connectivity index (χ0v) is 12.4. The van der Waals surface area contributed by atoms with Crippen molar-refractivity contribution in [2.75, 3.05) is 0 Å². The molecule has 2 heterocycles. The van der Waals surface area contributed by atoms with E-state index in [0.717, 1.165) is 17.1 Å². The molecule has 2 nitrogen and oxygen atoms in total. The molecule has 1 N–H and O–H groups in total. The number of hydrogen-bond acceptors (Lipinski definition) is 3. The van der Waals surface area contributed by atoms with Crippen LogP contribution in [0.4, 0.5) is 0 Å². The predicted molar refractivity (Wildman–Crippen MR) is 78.3 cm³/mol. The lowest BCUT2D eigenvalue weighted by molar-refractivity contribution is 0.574. The molecule has 0 aliphatic carbocycles. The maximum atomic E-state index is 6.09. The summed E-state index contributed by atoms with van der Waals surface area (Å²) >= 11 is 7.93. The van der Waals surface area contributed by atoms with Crippen molar-refractivity contribution in [2.24, 2.45) is 0 Å². The van der Waals surface area contributed by atoms with Crippen LogP contribution in [0.5, 0.6) is 0 Å². The van der Waals surface area contributed by atoms with Crippen molar-refractivity contribution in [3.05, 3.63) is 50.4 Å². The van der Waals surface area contributed by atoms with Crippen molar-refractivity contribution in [3.63, 3.8) is 0 Å². The van der Waals surface area contributed by atoms with Crippen molar-refractivity contribution in [2.45, 2.75) is 33.4 Å². The van der Waals surface area contributed by atoms with E-state index in [1.807, 2.05) is 17.4 Å². The van der Waals surface area contributed by atoms with Gasteiger partial charge in [-0.05, 0) is 44.0 Å². The average molecular weight is 281 g/mol. The van der Waals surface area contributed by atoms with Crippen molar-refractivity contribution < 1.29 is 0 Å². The fourth-order valence-corrected chi connectivity index (χ4v) is 3.21. The van der Waals surface area contributed by atoms with Gasteiger partial charge in [0.15, 0.2) is 0 Å². The highest BCUT2D eigenvalue weighted by Crippen LogP contribution is 2.26. The fraction of sp³-hybridized carbons (Fsp3) is 0.357. The van der Waals surface area contributed by atoms with Crippen LogP contribution in [-0.2, 0) is 6.54 Å². The molecule has 0 saturated heterocycles. The van der Waals surface area contributed by atoms with E-state index >= 15 is 0 Å². The molecule has 0 spiro atoms. The Morgan fingerprint density at radius 3 is 2.83 bits per heavy atom. The average Bonchev–Trinajstić information content (AvgIpc) is 2.67. The molecule has 0 aromatic carbocycles. The third kappa shape index (κ3) is 3.10. The lowest BCUT2D eigenvalue weighted by Crippen LogP contribution is -2.18. The summed E-state index contributed by atoms with van der Waals surface area (Å²) in [7, 11) is 0. The number of rotatable bonds is 4. The number of nitrogens with one attached hydrogen (secondary N) is 1. The number of halogens is 1. The first kappa shape index (κ1) is 13.5. The highest BCUT2D eigenvalue weighted by atomic mass is 35.5. The largest absolute Gasteiger partial charge is 0.306 e. The molecular formula is C14H17ClN2S. The van der Waals surface area contributed by atoms with Crippen molar-refractivity contribution in [3.8, 4) is 0 Å². The van der Waals surface area contributed by atoms with Crippen LogP contribution < -0.4 is 5.32 Å². The molecule has 2 aromatic heterocycles. The third-order valence-corrected chi connectivity index (χ3v) is 4.32. The maximum absolute atomic E-state index is 6.09. The molecular weight excluding hydrogens is 264 g/mol. The summed E-state index contributed by atoms with van der Waals surface area (Å²) < 4.78 is 0. The Hall–Kier alpha value is -0.900. The summed E-state index contributed by atoms with van der Waals surface area (Å²) in [6.07, 6.45) is 3.46. The summed E-state index contributed by atoms with van der Waals surface area (Å²) in [5.74, 6) is 0. The summed E-state index contributed by atoms with van der Waals surface area (Å²) in [6.45, 7) is 7.26. The number of thiophene rings is 1. The van der Waals surface area contributed by atoms with E-state index in [1.165, 1.54) is 15.3 Å². The molecule has 0 aliphatic heterocycles. The van der Waals surface area contributed by atoms with E-state index in [9.17, 15) is 0 Å². The van der Waals surface area contributed by atoms with Gasteiger partial charge in [0.25, 0.3) is 0 Å². The molecule has 0 radical (unpaired) electrons. The lowest BCUT2D eigenvalue weighted by atomic mass is 10.1. The number of nitrogens with zero attached hydrogens (tertiary/aromatic N) is 1. The molecule has 0 fully saturated rings. The van der Waals surface area contributed by atoms with Crippen LogP contribution in [0.1, 0.15) is 33.8 Å². The van der Waals surface area contributed by atoms with Gasteiger partial charge in [-0.15, -0.1) is 11.3 Å². The van der Waals surface area contributed by atoms with E-state index in [0.29, 0.717) is 6.04 Å². The van der Waals surface area contributed by atoms with Gasteiger partial charge in [-0.25, -0.2) is 0 Å². The molecule has 4 heteroatoms. The quantitative estimate of drug-likeness (QED) is 0.905. The first-order valence-electron chi connectivity index (χ1n) is 5.96. The van der Waals surface area contributed by atoms with Crippen molar-refractivity contribution in [1.29, 1.82) is 0 Å². The molecule has 0 amide bonds. The minimum absolute atomic E-state index is 0.333. The minimum Gasteiger partial charge on any atom is -0.306 e. The van der Waals surface area contributed by atoms with Gasteiger partial charge in [-0.2, -0.15) is 0 Å². The van der Waals surface area contributed by atoms with E-state index < -0.39 is 0 Å². The van der Waals surface area contributed by atoms with Crippen LogP contribution in [0.15, 0.2) is 24.5 Å². The molecule has 0 bridgehead atoms. The molecule has 1 atom stereocenters. The number of aryl methyl sites for hydroxylation is 2. The van der Waals surface area contributed by atoms with Crippen LogP contribution in [0.3, 0.4) is 0 Å². The standard InChI is InChI=1S/C14H17ClN2S/c1-9-6-13(11(3)18-9)10(2)17-7-12-4-5-16-8-14(12)15/h4-6,8,10,17H,7H2,1-3H3. The minimum atomic E-state index is 0.333. The number of aromatic nitrogens is 1. The Balaban J connectivity index is 2.03. The van der Waals surface area contributed by atoms with Gasteiger partial charge in [0.2, 0.25) is 0 Å². The Kier molecular flexibility index (Phi) is 4.38. The van der Waals surface area contributed by atoms with Gasteiger partial charge in [-0.1, -0.05) is 11.6 Å². The van der Waals surface area contributed by atoms with Crippen LogP contribution in [0, 0.1) is 13.8 Å². The Labute approximate surface area is 117 Å². The second-order valence-corrected chi connectivity index (χ2v) is 6.31. The number of hydrogen-bond donors (Lipinski definition) is 1. The van der Waals surface area contributed by atoms with E-state index in [-0.39, 0.29) is 0 Å². The first-order valence-corrected chi connectivity index (χ1v) is 7.16. The normalized spacial score (nSPS) is 12.7. The third-order valence-electron chi connectivity index (χ3n) is 3.00. The maximum Gasteiger partial charge on any atom is 0.0634 e. The highest BCUT2D eigenvalue weighted by Gasteiger charge is 2.11. The molecule has 1 unspecified atom stereocenters. The Morgan fingerprint density at radius 1 is 1.44 bits per heavy atom. The first-order chi connectivity index (χ1) is 8.58. The van der Waals surface area contributed by atoms with E-state index in [2.05, 4.69) is 37.1 Å². The van der Waals surface area contributed by atoms with Gasteiger partial charge in [0, 0.05) is 34.7 Å². The van der Waals surface area contributed by atoms with E-state index in [4.69, 9.17) is 11.6 Å². The molecule has 2 aromatic rings. The topological polar surface area (TPSA) is 24.9 Å². The molecule has 2 rings (SSSR count). The summed E-state index contributed by atoms with van der Waals surface area (Å²) in [6, 6.07) is 4.54. The molecule has 0 saturated carbocycles. The zero-order chi connectivity index (χ0) is 13.1. The monoisotopic (exact) mass is 280 g/mol. The second kappa shape index (κ2) is 5.83. The van der Waals surface area contributed by atoms with Crippen LogP contribution in [-0.4, -0.2) is 4.98 Å². The van der Waals surface area contributed by atoms with E-state index in [1.54, 1.807) is 12.4 Å². The van der Waals surface area contributed by atoms with Crippen LogP contribution in [0.25, 0.3) is 0 Å². The molecule has 0 aliphatic rings. The van der Waals surface area contributed by atoms with Crippen LogP contribution in [0.2, 0.25) is 5.02 Å². The van der Waals surface area contributed by atoms with Gasteiger partial charge in [-0.3, -0.25) is 4.98 Å². The van der Waals surface area contributed by atoms with Crippen molar-refractivity contribution >= 4 is 22.9 Å². The highest BCUT2D eigenvalue weighted by molar-refractivity contribution is 7.12. The van der Waals surface area contributed by atoms with Crippen molar-refractivity contribution in [1.82, 2.24) is 10.3 Å². The lowest BCUT2D eigenvalue weighted by Gasteiger charge is -2.14. The summed E-state index contributed by atoms with van der Waals surface area (Å²) in [4.78, 5) is 6.73. The summed E-state index contributed by atoms with van der Waals surface area (Å²) in [5.41, 5.74) is 2.46. The predicted octanol–water partition coefficient (Wildman–Crippen LogP) is 4.26. The Bertz CT molecular complexity index is 536. The Morgan fingerprint density at radius 2 is 2.22 bits per heavy atom. The van der Waals surface area contributed by atoms with Gasteiger partial charge >= 0.3 is 0 Å². The zero-order valence-electron chi connectivity index (χ0n) is 10.8. The van der Waals surface area contributed by atoms with Gasteiger partial charge < -0.3 is 5.32 Å². The second-order valence-electron chi connectivity index (χ2n) is 4.44. The van der Waals surface area contributed by atoms with Crippen LogP contribution >= 0.6 is 22.9 Å². The fourth-order valence-electron chi connectivity index (χ4n) is 2.00. The molecule has 96 valence electrons. The van der Waals surface area contributed by atoms with Gasteiger partial charge in [0.1, 0.15) is 0 Å². The summed E-state index contributed by atoms with van der Waals surface area (Å²) in [5, 5.41) is 4.22. The molecule has 18 heavy (non-hydrogen) atoms. The van der Waals surface area contributed by atoms with Gasteiger partial charge in [0.05, 0.1) is 5.02 Å². The number of pyridine rings is 1. The smallest absolute Gasteiger partial charge is 0.0634 e.